The van der Waals surface area contributed by atoms with E-state index < -0.39 is 0 Å². The highest BCUT2D eigenvalue weighted by atomic mass is 19.1. The van der Waals surface area contributed by atoms with Crippen LogP contribution in [0, 0.1) is 5.82 Å². The summed E-state index contributed by atoms with van der Waals surface area (Å²) in [5.41, 5.74) is 8.62. The minimum absolute atomic E-state index is 0.116. The molecule has 2 aromatic rings. The summed E-state index contributed by atoms with van der Waals surface area (Å²) in [6.45, 7) is 1.71. The molecular weight excluding hydrogens is 257 g/mol. The van der Waals surface area contributed by atoms with Gasteiger partial charge in [0.25, 0.3) is 0 Å². The molecule has 0 heterocycles. The number of hydrogen-bond acceptors (Lipinski definition) is 3. The third-order valence-corrected chi connectivity index (χ3v) is 2.77. The van der Waals surface area contributed by atoms with Crippen molar-refractivity contribution in [3.63, 3.8) is 0 Å². The third-order valence-electron chi connectivity index (χ3n) is 2.77. The van der Waals surface area contributed by atoms with E-state index in [1.54, 1.807) is 18.2 Å². The van der Waals surface area contributed by atoms with Crippen molar-refractivity contribution in [1.82, 2.24) is 0 Å². The van der Waals surface area contributed by atoms with Gasteiger partial charge in [-0.15, -0.1) is 0 Å². The maximum atomic E-state index is 13.1. The molecule has 2 rings (SSSR count). The number of benzene rings is 2. The van der Waals surface area contributed by atoms with Crippen LogP contribution in [0.5, 0.6) is 0 Å². The van der Waals surface area contributed by atoms with Crippen molar-refractivity contribution in [2.24, 2.45) is 5.73 Å². The molecule has 4 nitrogen and oxygen atoms in total. The highest BCUT2D eigenvalue weighted by molar-refractivity contribution is 5.88. The smallest absolute Gasteiger partial charge is 0.221 e. The van der Waals surface area contributed by atoms with Gasteiger partial charge in [0.2, 0.25) is 5.91 Å². The number of halogens is 1. The molecule has 5 heteroatoms. The molecule has 0 atom stereocenters. The van der Waals surface area contributed by atoms with Crippen molar-refractivity contribution in [1.29, 1.82) is 0 Å². The number of hydrogen-bond donors (Lipinski definition) is 3. The Hall–Kier alpha value is -2.40. The minimum Gasteiger partial charge on any atom is -0.355 e. The van der Waals surface area contributed by atoms with Gasteiger partial charge < -0.3 is 16.4 Å². The normalized spacial score (nSPS) is 10.2. The van der Waals surface area contributed by atoms with Crippen molar-refractivity contribution in [2.45, 2.75) is 13.5 Å². The fraction of sp³-hybridized carbons (Fsp3) is 0.133. The monoisotopic (exact) mass is 273 g/mol. The molecule has 0 radical (unpaired) electrons. The predicted octanol–water partition coefficient (Wildman–Crippen LogP) is 2.99. The number of amides is 1. The summed E-state index contributed by atoms with van der Waals surface area (Å²) in [5.74, 6) is -0.424. The van der Waals surface area contributed by atoms with Gasteiger partial charge in [-0.25, -0.2) is 4.39 Å². The lowest BCUT2D eigenvalue weighted by Crippen LogP contribution is -2.05. The maximum absolute atomic E-state index is 13.1. The number of anilines is 3. The molecule has 0 bridgehead atoms. The molecular formula is C15H16FN3O. The van der Waals surface area contributed by atoms with Crippen molar-refractivity contribution < 1.29 is 9.18 Å². The average Bonchev–Trinajstić information content (AvgIpc) is 2.42. The van der Waals surface area contributed by atoms with E-state index in [1.165, 1.54) is 19.1 Å². The highest BCUT2D eigenvalue weighted by Gasteiger charge is 2.03. The van der Waals surface area contributed by atoms with Crippen molar-refractivity contribution in [3.05, 3.63) is 53.8 Å². The van der Waals surface area contributed by atoms with Crippen LogP contribution in [0.1, 0.15) is 12.5 Å². The minimum atomic E-state index is -0.308. The van der Waals surface area contributed by atoms with Crippen LogP contribution in [-0.4, -0.2) is 5.91 Å². The number of rotatable bonds is 4. The molecule has 0 spiro atoms. The quantitative estimate of drug-likeness (QED) is 0.802. The van der Waals surface area contributed by atoms with Gasteiger partial charge in [0.1, 0.15) is 5.82 Å². The Balaban J connectivity index is 2.16. The second kappa shape index (κ2) is 6.16. The van der Waals surface area contributed by atoms with Crippen LogP contribution in [0.15, 0.2) is 42.5 Å². The standard InChI is InChI=1S/C15H16FN3O/c1-10(20)18-13-3-5-14(6-4-13)19-15-7-2-12(16)8-11(15)9-17/h2-8,19H,9,17H2,1H3,(H,18,20). The van der Waals surface area contributed by atoms with E-state index in [2.05, 4.69) is 10.6 Å². The van der Waals surface area contributed by atoms with E-state index in [1.807, 2.05) is 12.1 Å². The molecule has 4 N–H and O–H groups in total. The highest BCUT2D eigenvalue weighted by Crippen LogP contribution is 2.23. The van der Waals surface area contributed by atoms with E-state index in [0.717, 1.165) is 17.1 Å². The van der Waals surface area contributed by atoms with Crippen LogP contribution in [0.3, 0.4) is 0 Å². The first kappa shape index (κ1) is 14.0. The Labute approximate surface area is 116 Å². The lowest BCUT2D eigenvalue weighted by molar-refractivity contribution is -0.114. The number of carbonyl (C=O) groups excluding carboxylic acids is 1. The molecule has 0 aliphatic rings. The Morgan fingerprint density at radius 2 is 1.80 bits per heavy atom. The van der Waals surface area contributed by atoms with E-state index >= 15 is 0 Å². The molecule has 0 aromatic heterocycles. The molecule has 1 amide bonds. The van der Waals surface area contributed by atoms with Gasteiger partial charge in [0, 0.05) is 30.5 Å². The third kappa shape index (κ3) is 3.55. The summed E-state index contributed by atoms with van der Waals surface area (Å²) in [7, 11) is 0. The number of carbonyl (C=O) groups is 1. The fourth-order valence-corrected chi connectivity index (χ4v) is 1.85. The first-order valence-corrected chi connectivity index (χ1v) is 6.21. The summed E-state index contributed by atoms with van der Waals surface area (Å²) in [4.78, 5) is 10.9. The molecule has 0 saturated heterocycles. The first-order chi connectivity index (χ1) is 9.58. The topological polar surface area (TPSA) is 67.2 Å². The van der Waals surface area contributed by atoms with Gasteiger partial charge in [0.15, 0.2) is 0 Å². The predicted molar refractivity (Wildman–Crippen MR) is 78.3 cm³/mol. The van der Waals surface area contributed by atoms with Crippen LogP contribution in [0.25, 0.3) is 0 Å². The zero-order valence-electron chi connectivity index (χ0n) is 11.1. The molecule has 0 aliphatic carbocycles. The van der Waals surface area contributed by atoms with Gasteiger partial charge in [-0.1, -0.05) is 0 Å². The van der Waals surface area contributed by atoms with Crippen LogP contribution in [0.4, 0.5) is 21.5 Å². The summed E-state index contributed by atoms with van der Waals surface area (Å²) in [6.07, 6.45) is 0. The molecule has 2 aromatic carbocycles. The Morgan fingerprint density at radius 1 is 1.15 bits per heavy atom. The Kier molecular flexibility index (Phi) is 4.32. The molecule has 0 fully saturated rings. The number of nitrogens with two attached hydrogens (primary N) is 1. The zero-order chi connectivity index (χ0) is 14.5. The van der Waals surface area contributed by atoms with Gasteiger partial charge in [-0.3, -0.25) is 4.79 Å². The fourth-order valence-electron chi connectivity index (χ4n) is 1.85. The van der Waals surface area contributed by atoms with E-state index in [4.69, 9.17) is 5.73 Å². The molecule has 104 valence electrons. The lowest BCUT2D eigenvalue weighted by Gasteiger charge is -2.11. The van der Waals surface area contributed by atoms with Crippen LogP contribution in [-0.2, 0) is 11.3 Å². The summed E-state index contributed by atoms with van der Waals surface area (Å²) >= 11 is 0. The summed E-state index contributed by atoms with van der Waals surface area (Å²) in [5, 5.41) is 5.86. The van der Waals surface area contributed by atoms with E-state index in [0.29, 0.717) is 5.56 Å². The average molecular weight is 273 g/mol. The summed E-state index contributed by atoms with van der Waals surface area (Å²) in [6, 6.07) is 11.7. The SMILES string of the molecule is CC(=O)Nc1ccc(Nc2ccc(F)cc2CN)cc1. The lowest BCUT2D eigenvalue weighted by atomic mass is 10.1. The van der Waals surface area contributed by atoms with Crippen LogP contribution >= 0.6 is 0 Å². The molecule has 0 aliphatic heterocycles. The largest absolute Gasteiger partial charge is 0.355 e. The Bertz CT molecular complexity index is 611. The van der Waals surface area contributed by atoms with Crippen LogP contribution in [0.2, 0.25) is 0 Å². The van der Waals surface area contributed by atoms with Gasteiger partial charge in [-0.2, -0.15) is 0 Å². The van der Waals surface area contributed by atoms with E-state index in [-0.39, 0.29) is 18.3 Å². The van der Waals surface area contributed by atoms with Crippen molar-refractivity contribution in [2.75, 3.05) is 10.6 Å². The Morgan fingerprint density at radius 3 is 2.40 bits per heavy atom. The van der Waals surface area contributed by atoms with E-state index in [9.17, 15) is 9.18 Å². The van der Waals surface area contributed by atoms with Gasteiger partial charge in [0.05, 0.1) is 0 Å². The summed E-state index contributed by atoms with van der Waals surface area (Å²) < 4.78 is 13.1. The second-order valence-corrected chi connectivity index (χ2v) is 4.39. The van der Waals surface area contributed by atoms with Gasteiger partial charge in [-0.05, 0) is 48.0 Å². The van der Waals surface area contributed by atoms with Gasteiger partial charge >= 0.3 is 0 Å². The molecule has 0 unspecified atom stereocenters. The van der Waals surface area contributed by atoms with Crippen molar-refractivity contribution in [3.8, 4) is 0 Å². The molecule has 0 saturated carbocycles. The zero-order valence-corrected chi connectivity index (χ0v) is 11.1. The maximum Gasteiger partial charge on any atom is 0.221 e. The van der Waals surface area contributed by atoms with Crippen molar-refractivity contribution >= 4 is 23.0 Å². The second-order valence-electron chi connectivity index (χ2n) is 4.39. The number of nitrogens with one attached hydrogen (secondary N) is 2. The van der Waals surface area contributed by atoms with Crippen LogP contribution < -0.4 is 16.4 Å². The molecule has 20 heavy (non-hydrogen) atoms. The first-order valence-electron chi connectivity index (χ1n) is 6.21.